The Kier molecular flexibility index (Phi) is 14.5. The van der Waals surface area contributed by atoms with Crippen molar-refractivity contribution in [2.75, 3.05) is 12.0 Å². The zero-order chi connectivity index (χ0) is 26.4. The number of thioether (sulfide) groups is 1. The van der Waals surface area contributed by atoms with Gasteiger partial charge in [0.05, 0.1) is 12.5 Å². The number of nitrogens with one attached hydrogen (secondary N) is 3. The molecule has 0 bridgehead atoms. The minimum Gasteiger partial charge on any atom is -0.481 e. The van der Waals surface area contributed by atoms with Crippen LogP contribution in [0.15, 0.2) is 0 Å². The molecule has 0 aliphatic rings. The number of carbonyl (C=O) groups excluding carboxylic acids is 3. The summed E-state index contributed by atoms with van der Waals surface area (Å²) in [5.41, 5.74) is 5.86. The maximum Gasteiger partial charge on any atom is 0.326 e. The van der Waals surface area contributed by atoms with Gasteiger partial charge < -0.3 is 37.0 Å². The van der Waals surface area contributed by atoms with Gasteiger partial charge in [-0.15, -0.1) is 0 Å². The lowest BCUT2D eigenvalue weighted by Gasteiger charge is -2.24. The number of hydrogen-bond acceptors (Lipinski definition) is 8. The van der Waals surface area contributed by atoms with Crippen LogP contribution in [-0.2, 0) is 28.8 Å². The number of aliphatic carboxylic acids is 3. The van der Waals surface area contributed by atoms with E-state index in [2.05, 4.69) is 16.0 Å². The molecular formula is C20H34N4O9S. The van der Waals surface area contributed by atoms with Gasteiger partial charge >= 0.3 is 17.9 Å². The molecular weight excluding hydrogens is 472 g/mol. The molecule has 14 heteroatoms. The number of rotatable bonds is 17. The molecule has 0 aromatic carbocycles. The van der Waals surface area contributed by atoms with E-state index in [0.717, 1.165) is 0 Å². The van der Waals surface area contributed by atoms with Gasteiger partial charge in [0.25, 0.3) is 0 Å². The first-order valence-electron chi connectivity index (χ1n) is 10.6. The molecule has 8 N–H and O–H groups in total. The summed E-state index contributed by atoms with van der Waals surface area (Å²) in [6, 6.07) is -5.23. The van der Waals surface area contributed by atoms with E-state index < -0.39 is 79.1 Å². The molecule has 34 heavy (non-hydrogen) atoms. The molecule has 0 saturated heterocycles. The third-order valence-electron chi connectivity index (χ3n) is 4.58. The number of hydrogen-bond donors (Lipinski definition) is 7. The van der Waals surface area contributed by atoms with Crippen LogP contribution in [0.3, 0.4) is 0 Å². The first-order chi connectivity index (χ1) is 15.8. The molecule has 0 fully saturated rings. The zero-order valence-corrected chi connectivity index (χ0v) is 20.2. The van der Waals surface area contributed by atoms with Crippen molar-refractivity contribution in [1.29, 1.82) is 0 Å². The molecule has 0 aromatic rings. The highest BCUT2D eigenvalue weighted by Crippen LogP contribution is 2.07. The van der Waals surface area contributed by atoms with Gasteiger partial charge in [-0.05, 0) is 37.2 Å². The van der Waals surface area contributed by atoms with Crippen LogP contribution in [0, 0.1) is 5.92 Å². The van der Waals surface area contributed by atoms with Crippen LogP contribution in [-0.4, -0.2) is 87.1 Å². The summed E-state index contributed by atoms with van der Waals surface area (Å²) < 4.78 is 0. The van der Waals surface area contributed by atoms with Gasteiger partial charge in [-0.1, -0.05) is 13.8 Å². The lowest BCUT2D eigenvalue weighted by atomic mass is 10.0. The van der Waals surface area contributed by atoms with E-state index in [4.69, 9.17) is 15.9 Å². The van der Waals surface area contributed by atoms with Gasteiger partial charge in [0, 0.05) is 6.42 Å². The number of nitrogens with two attached hydrogens (primary N) is 1. The third kappa shape index (κ3) is 13.0. The lowest BCUT2D eigenvalue weighted by Crippen LogP contribution is -2.57. The summed E-state index contributed by atoms with van der Waals surface area (Å²) in [6.45, 7) is 3.75. The Morgan fingerprint density at radius 3 is 1.79 bits per heavy atom. The van der Waals surface area contributed by atoms with Crippen LogP contribution in [0.5, 0.6) is 0 Å². The summed E-state index contributed by atoms with van der Waals surface area (Å²) in [5.74, 6) is -6.17. The topological polar surface area (TPSA) is 225 Å². The van der Waals surface area contributed by atoms with Crippen molar-refractivity contribution in [2.24, 2.45) is 11.7 Å². The van der Waals surface area contributed by atoms with Crippen molar-refractivity contribution in [1.82, 2.24) is 16.0 Å². The van der Waals surface area contributed by atoms with E-state index in [9.17, 15) is 33.9 Å². The van der Waals surface area contributed by atoms with Crippen LogP contribution >= 0.6 is 11.8 Å². The fraction of sp³-hybridized carbons (Fsp3) is 0.700. The van der Waals surface area contributed by atoms with Crippen LogP contribution in [0.2, 0.25) is 0 Å². The molecule has 0 aromatic heterocycles. The van der Waals surface area contributed by atoms with Crippen molar-refractivity contribution in [3.05, 3.63) is 0 Å². The van der Waals surface area contributed by atoms with E-state index in [1.165, 1.54) is 11.8 Å². The Hall–Kier alpha value is -2.87. The Morgan fingerprint density at radius 1 is 0.794 bits per heavy atom. The highest BCUT2D eigenvalue weighted by Gasteiger charge is 2.31. The molecule has 0 spiro atoms. The fourth-order valence-corrected chi connectivity index (χ4v) is 3.32. The predicted molar refractivity (Wildman–Crippen MR) is 123 cm³/mol. The van der Waals surface area contributed by atoms with Gasteiger partial charge in [-0.25, -0.2) is 4.79 Å². The Morgan fingerprint density at radius 2 is 1.32 bits per heavy atom. The van der Waals surface area contributed by atoms with Crippen molar-refractivity contribution < 1.29 is 44.1 Å². The quantitative estimate of drug-likeness (QED) is 0.126. The molecule has 0 heterocycles. The monoisotopic (exact) mass is 506 g/mol. The molecule has 0 rings (SSSR count). The fourth-order valence-electron chi connectivity index (χ4n) is 2.85. The van der Waals surface area contributed by atoms with E-state index in [-0.39, 0.29) is 12.3 Å². The second kappa shape index (κ2) is 15.9. The molecule has 0 saturated carbocycles. The SMILES string of the molecule is CSCCC(NC(=O)C(N)CC(C)C)C(=O)NC(CC(=O)O)C(=O)NC(CCC(=O)O)C(=O)O. The average Bonchev–Trinajstić information content (AvgIpc) is 2.71. The highest BCUT2D eigenvalue weighted by atomic mass is 32.2. The Balaban J connectivity index is 5.48. The maximum atomic E-state index is 12.8. The minimum absolute atomic E-state index is 0.131. The normalized spacial score (nSPS) is 14.4. The Labute approximate surface area is 201 Å². The van der Waals surface area contributed by atoms with Gasteiger partial charge in [-0.3, -0.25) is 24.0 Å². The summed E-state index contributed by atoms with van der Waals surface area (Å²) in [5, 5.41) is 33.9. The molecule has 0 aliphatic carbocycles. The summed E-state index contributed by atoms with van der Waals surface area (Å²) in [7, 11) is 0. The third-order valence-corrected chi connectivity index (χ3v) is 5.22. The molecule has 4 atom stereocenters. The van der Waals surface area contributed by atoms with Crippen LogP contribution in [0.25, 0.3) is 0 Å². The van der Waals surface area contributed by atoms with Crippen molar-refractivity contribution in [2.45, 2.75) is 70.1 Å². The average molecular weight is 507 g/mol. The van der Waals surface area contributed by atoms with Gasteiger partial charge in [0.15, 0.2) is 0 Å². The molecule has 3 amide bonds. The van der Waals surface area contributed by atoms with Gasteiger partial charge in [-0.2, -0.15) is 11.8 Å². The van der Waals surface area contributed by atoms with Crippen molar-refractivity contribution in [3.63, 3.8) is 0 Å². The molecule has 194 valence electrons. The molecule has 13 nitrogen and oxygen atoms in total. The first-order valence-corrected chi connectivity index (χ1v) is 12.0. The summed E-state index contributed by atoms with van der Waals surface area (Å²) in [4.78, 5) is 71.0. The highest BCUT2D eigenvalue weighted by molar-refractivity contribution is 7.98. The molecule has 0 aliphatic heterocycles. The van der Waals surface area contributed by atoms with E-state index >= 15 is 0 Å². The second-order valence-electron chi connectivity index (χ2n) is 8.07. The van der Waals surface area contributed by atoms with Gasteiger partial charge in [0.2, 0.25) is 17.7 Å². The van der Waals surface area contributed by atoms with Crippen molar-refractivity contribution >= 4 is 47.4 Å². The summed E-state index contributed by atoms with van der Waals surface area (Å²) in [6.07, 6.45) is 0.478. The number of carbonyl (C=O) groups is 6. The zero-order valence-electron chi connectivity index (χ0n) is 19.4. The van der Waals surface area contributed by atoms with Crippen LogP contribution in [0.4, 0.5) is 0 Å². The minimum atomic E-state index is -1.66. The second-order valence-corrected chi connectivity index (χ2v) is 9.06. The van der Waals surface area contributed by atoms with Crippen LogP contribution in [0.1, 0.15) is 46.0 Å². The summed E-state index contributed by atoms with van der Waals surface area (Å²) >= 11 is 1.40. The molecule has 0 radical (unpaired) electrons. The number of amides is 3. The smallest absolute Gasteiger partial charge is 0.326 e. The Bertz CT molecular complexity index is 748. The standard InChI is InChI=1S/C20H34N4O9S/c1-10(2)8-11(21)17(29)22-12(6-7-34-3)18(30)24-14(9-16(27)28)19(31)23-13(20(32)33)4-5-15(25)26/h10-14H,4-9,21H2,1-3H3,(H,22,29)(H,23,31)(H,24,30)(H,25,26)(H,27,28)(H,32,33). The number of carboxylic acids is 3. The maximum absolute atomic E-state index is 12.8. The van der Waals surface area contributed by atoms with E-state index in [1.54, 1.807) is 6.26 Å². The van der Waals surface area contributed by atoms with E-state index in [0.29, 0.717) is 12.2 Å². The van der Waals surface area contributed by atoms with E-state index in [1.807, 2.05) is 13.8 Å². The largest absolute Gasteiger partial charge is 0.481 e. The number of carboxylic acid groups (broad SMARTS) is 3. The first kappa shape index (κ1) is 31.1. The van der Waals surface area contributed by atoms with Crippen molar-refractivity contribution in [3.8, 4) is 0 Å². The predicted octanol–water partition coefficient (Wildman–Crippen LogP) is -1.01. The van der Waals surface area contributed by atoms with Crippen LogP contribution < -0.4 is 21.7 Å². The molecule has 4 unspecified atom stereocenters. The van der Waals surface area contributed by atoms with Gasteiger partial charge in [0.1, 0.15) is 18.1 Å². The lowest BCUT2D eigenvalue weighted by molar-refractivity contribution is -0.144.